The van der Waals surface area contributed by atoms with Gasteiger partial charge in [0.05, 0.1) is 12.3 Å². The molecule has 0 saturated heterocycles. The molecule has 0 spiro atoms. The number of amides is 1. The maximum atomic E-state index is 13.5. The highest BCUT2D eigenvalue weighted by Gasteiger charge is 2.21. The lowest BCUT2D eigenvalue weighted by Gasteiger charge is -2.23. The molecule has 0 aliphatic carbocycles. The van der Waals surface area contributed by atoms with E-state index in [4.69, 9.17) is 9.15 Å². The van der Waals surface area contributed by atoms with E-state index in [-0.39, 0.29) is 17.7 Å². The lowest BCUT2D eigenvalue weighted by molar-refractivity contribution is -0.127. The summed E-state index contributed by atoms with van der Waals surface area (Å²) in [5.41, 5.74) is 0. The van der Waals surface area contributed by atoms with Crippen LogP contribution in [0.5, 0.6) is 5.75 Å². The predicted molar refractivity (Wildman–Crippen MR) is 84.6 cm³/mol. The third-order valence-corrected chi connectivity index (χ3v) is 3.47. The Hall–Kier alpha value is -2.34. The molecule has 1 aromatic heterocycles. The van der Waals surface area contributed by atoms with Crippen LogP contribution >= 0.6 is 0 Å². The first-order valence-electron chi connectivity index (χ1n) is 7.37. The van der Waals surface area contributed by atoms with Gasteiger partial charge in [0.15, 0.2) is 17.7 Å². The van der Waals surface area contributed by atoms with Crippen molar-refractivity contribution in [2.75, 3.05) is 20.6 Å². The lowest BCUT2D eigenvalue weighted by Crippen LogP contribution is -2.41. The van der Waals surface area contributed by atoms with Crippen molar-refractivity contribution in [3.05, 3.63) is 54.2 Å². The molecule has 0 radical (unpaired) electrons. The van der Waals surface area contributed by atoms with Gasteiger partial charge >= 0.3 is 0 Å². The molecule has 2 atom stereocenters. The molecule has 5 nitrogen and oxygen atoms in total. The fourth-order valence-electron chi connectivity index (χ4n) is 2.14. The topological polar surface area (TPSA) is 54.7 Å². The van der Waals surface area contributed by atoms with E-state index in [2.05, 4.69) is 5.32 Å². The van der Waals surface area contributed by atoms with Crippen molar-refractivity contribution in [2.24, 2.45) is 0 Å². The molecule has 6 heteroatoms. The number of likely N-dealkylation sites (N-methyl/N-ethyl adjacent to an activating group) is 1. The lowest BCUT2D eigenvalue weighted by atomic mass is 10.2. The number of nitrogens with zero attached hydrogens (tertiary/aromatic N) is 1. The van der Waals surface area contributed by atoms with E-state index in [1.54, 1.807) is 31.4 Å². The summed E-state index contributed by atoms with van der Waals surface area (Å²) in [6.45, 7) is 1.95. The predicted octanol–water partition coefficient (Wildman–Crippen LogP) is 2.61. The van der Waals surface area contributed by atoms with E-state index in [1.807, 2.05) is 25.1 Å². The van der Waals surface area contributed by atoms with Gasteiger partial charge < -0.3 is 14.5 Å². The minimum Gasteiger partial charge on any atom is -0.478 e. The summed E-state index contributed by atoms with van der Waals surface area (Å²) in [4.78, 5) is 14.1. The van der Waals surface area contributed by atoms with Crippen LogP contribution in [-0.4, -0.2) is 37.6 Å². The van der Waals surface area contributed by atoms with E-state index < -0.39 is 11.9 Å². The SMILES string of the molecule is C[C@H](Oc1ccccc1F)C(=O)NC[C@@H](c1ccco1)N(C)C. The fourth-order valence-corrected chi connectivity index (χ4v) is 2.14. The van der Waals surface area contributed by atoms with Gasteiger partial charge in [0.2, 0.25) is 0 Å². The Morgan fingerprint density at radius 3 is 2.65 bits per heavy atom. The van der Waals surface area contributed by atoms with Crippen LogP contribution in [0.15, 0.2) is 47.1 Å². The molecular weight excluding hydrogens is 299 g/mol. The second kappa shape index (κ2) is 7.78. The Morgan fingerprint density at radius 1 is 1.30 bits per heavy atom. The van der Waals surface area contributed by atoms with Gasteiger partial charge in [0.25, 0.3) is 5.91 Å². The van der Waals surface area contributed by atoms with Gasteiger partial charge in [-0.2, -0.15) is 0 Å². The summed E-state index contributed by atoms with van der Waals surface area (Å²) in [5, 5.41) is 2.80. The summed E-state index contributed by atoms with van der Waals surface area (Å²) in [5.74, 6) is 0.0175. The molecule has 0 fully saturated rings. The highest BCUT2D eigenvalue weighted by Crippen LogP contribution is 2.19. The standard InChI is InChI=1S/C17H21FN2O3/c1-12(23-15-8-5-4-7-13(15)18)17(21)19-11-14(20(2)3)16-9-6-10-22-16/h4-10,12,14H,11H2,1-3H3,(H,19,21)/t12-,14-/m0/s1. The summed E-state index contributed by atoms with van der Waals surface area (Å²) >= 11 is 0. The Kier molecular flexibility index (Phi) is 5.76. The maximum absolute atomic E-state index is 13.5. The fraction of sp³-hybridized carbons (Fsp3) is 0.353. The molecular formula is C17H21FN2O3. The first-order chi connectivity index (χ1) is 11.0. The van der Waals surface area contributed by atoms with Crippen LogP contribution in [0.2, 0.25) is 0 Å². The third-order valence-electron chi connectivity index (χ3n) is 3.47. The first-order valence-corrected chi connectivity index (χ1v) is 7.37. The number of halogens is 1. The highest BCUT2D eigenvalue weighted by atomic mass is 19.1. The first kappa shape index (κ1) is 17.0. The number of furan rings is 1. The van der Waals surface area contributed by atoms with Crippen LogP contribution in [0.3, 0.4) is 0 Å². The van der Waals surface area contributed by atoms with Gasteiger partial charge in [-0.25, -0.2) is 4.39 Å². The zero-order valence-electron chi connectivity index (χ0n) is 13.5. The van der Waals surface area contributed by atoms with Crippen molar-refractivity contribution in [1.82, 2.24) is 10.2 Å². The molecule has 1 aromatic carbocycles. The van der Waals surface area contributed by atoms with E-state index >= 15 is 0 Å². The smallest absolute Gasteiger partial charge is 0.260 e. The Morgan fingerprint density at radius 2 is 2.04 bits per heavy atom. The van der Waals surface area contributed by atoms with Crippen molar-refractivity contribution < 1.29 is 18.3 Å². The van der Waals surface area contributed by atoms with Crippen LogP contribution < -0.4 is 10.1 Å². The number of benzene rings is 1. The van der Waals surface area contributed by atoms with Crippen molar-refractivity contribution >= 4 is 5.91 Å². The van der Waals surface area contributed by atoms with Gasteiger partial charge in [-0.1, -0.05) is 12.1 Å². The van der Waals surface area contributed by atoms with E-state index in [0.717, 1.165) is 5.76 Å². The maximum Gasteiger partial charge on any atom is 0.260 e. The summed E-state index contributed by atoms with van der Waals surface area (Å²) in [7, 11) is 3.80. The van der Waals surface area contributed by atoms with E-state index in [0.29, 0.717) is 6.54 Å². The van der Waals surface area contributed by atoms with Gasteiger partial charge in [-0.05, 0) is 45.3 Å². The van der Waals surface area contributed by atoms with E-state index in [9.17, 15) is 9.18 Å². The average molecular weight is 320 g/mol. The quantitative estimate of drug-likeness (QED) is 0.852. The molecule has 23 heavy (non-hydrogen) atoms. The van der Waals surface area contributed by atoms with Crippen molar-refractivity contribution in [1.29, 1.82) is 0 Å². The van der Waals surface area contributed by atoms with Gasteiger partial charge in [-0.15, -0.1) is 0 Å². The number of hydrogen-bond donors (Lipinski definition) is 1. The zero-order chi connectivity index (χ0) is 16.8. The Balaban J connectivity index is 1.92. The van der Waals surface area contributed by atoms with Crippen LogP contribution in [-0.2, 0) is 4.79 Å². The molecule has 1 N–H and O–H groups in total. The Labute approximate surface area is 135 Å². The molecule has 0 bridgehead atoms. The molecule has 0 aliphatic heterocycles. The average Bonchev–Trinajstić information content (AvgIpc) is 3.03. The highest BCUT2D eigenvalue weighted by molar-refractivity contribution is 5.80. The minimum atomic E-state index is -0.800. The number of ether oxygens (including phenoxy) is 1. The number of carbonyl (C=O) groups excluding carboxylic acids is 1. The van der Waals surface area contributed by atoms with E-state index in [1.165, 1.54) is 12.1 Å². The third kappa shape index (κ3) is 4.56. The van der Waals surface area contributed by atoms with Crippen molar-refractivity contribution in [3.63, 3.8) is 0 Å². The molecule has 0 unspecified atom stereocenters. The molecule has 0 aliphatic rings. The summed E-state index contributed by atoms with van der Waals surface area (Å²) in [6, 6.07) is 9.58. The van der Waals surface area contributed by atoms with Gasteiger partial charge in [0, 0.05) is 6.54 Å². The number of carbonyl (C=O) groups is 1. The molecule has 124 valence electrons. The van der Waals surface area contributed by atoms with Crippen LogP contribution in [0.25, 0.3) is 0 Å². The summed E-state index contributed by atoms with van der Waals surface area (Å²) < 4.78 is 24.3. The molecule has 0 saturated carbocycles. The number of nitrogens with one attached hydrogen (secondary N) is 1. The number of hydrogen-bond acceptors (Lipinski definition) is 4. The zero-order valence-corrected chi connectivity index (χ0v) is 13.5. The monoisotopic (exact) mass is 320 g/mol. The second-order valence-corrected chi connectivity index (χ2v) is 5.43. The molecule has 1 heterocycles. The van der Waals surface area contributed by atoms with Crippen molar-refractivity contribution in [3.8, 4) is 5.75 Å². The van der Waals surface area contributed by atoms with Gasteiger partial charge in [-0.3, -0.25) is 9.69 Å². The number of para-hydroxylation sites is 1. The molecule has 1 amide bonds. The minimum absolute atomic E-state index is 0.0605. The van der Waals surface area contributed by atoms with Crippen LogP contribution in [0, 0.1) is 5.82 Å². The largest absolute Gasteiger partial charge is 0.478 e. The molecule has 2 aromatic rings. The number of rotatable bonds is 7. The Bertz CT molecular complexity index is 629. The normalized spacial score (nSPS) is 13.6. The second-order valence-electron chi connectivity index (χ2n) is 5.43. The van der Waals surface area contributed by atoms with Crippen LogP contribution in [0.1, 0.15) is 18.7 Å². The molecule has 2 rings (SSSR count). The van der Waals surface area contributed by atoms with Crippen molar-refractivity contribution in [2.45, 2.75) is 19.1 Å². The summed E-state index contributed by atoms with van der Waals surface area (Å²) in [6.07, 6.45) is 0.795. The van der Waals surface area contributed by atoms with Crippen LogP contribution in [0.4, 0.5) is 4.39 Å². The van der Waals surface area contributed by atoms with Gasteiger partial charge in [0.1, 0.15) is 5.76 Å².